The largest absolute Gasteiger partial charge is 0.387 e. The molecule has 1 aromatic carbocycles. The molecule has 0 aliphatic heterocycles. The molecule has 2 heteroatoms. The molecule has 0 bridgehead atoms. The first-order valence-corrected chi connectivity index (χ1v) is 6.66. The fourth-order valence-electron chi connectivity index (χ4n) is 2.21. The van der Waals surface area contributed by atoms with Crippen LogP contribution in [-0.4, -0.2) is 10.1 Å². The summed E-state index contributed by atoms with van der Waals surface area (Å²) in [7, 11) is 0. The Morgan fingerprint density at radius 2 is 2.00 bits per heavy atom. The molecule has 0 fully saturated rings. The molecule has 0 spiro atoms. The van der Waals surface area contributed by atoms with Gasteiger partial charge >= 0.3 is 0 Å². The molecule has 0 saturated heterocycles. The number of nitrogens with zero attached hydrogens (tertiary/aromatic N) is 1. The molecule has 2 aromatic rings. The minimum atomic E-state index is -0.455. The van der Waals surface area contributed by atoms with Gasteiger partial charge in [0.25, 0.3) is 0 Å². The average molecular weight is 243 g/mol. The van der Waals surface area contributed by atoms with Crippen LogP contribution in [0.4, 0.5) is 0 Å². The summed E-state index contributed by atoms with van der Waals surface area (Å²) in [5.41, 5.74) is 2.95. The number of aliphatic hydroxyl groups excluding tert-OH is 1. The maximum Gasteiger partial charge on any atom is 0.0962 e. The summed E-state index contributed by atoms with van der Waals surface area (Å²) < 4.78 is 0. The summed E-state index contributed by atoms with van der Waals surface area (Å²) in [6.45, 7) is 6.39. The molecule has 1 N–H and O–H groups in total. The van der Waals surface area contributed by atoms with Crippen molar-refractivity contribution in [2.24, 2.45) is 5.92 Å². The van der Waals surface area contributed by atoms with Crippen molar-refractivity contribution in [1.29, 1.82) is 0 Å². The number of aliphatic hydroxyl groups is 1. The molecule has 96 valence electrons. The summed E-state index contributed by atoms with van der Waals surface area (Å²) in [6, 6.07) is 10.1. The van der Waals surface area contributed by atoms with E-state index in [4.69, 9.17) is 0 Å². The number of para-hydroxylation sites is 1. The monoisotopic (exact) mass is 243 g/mol. The van der Waals surface area contributed by atoms with Gasteiger partial charge in [-0.15, -0.1) is 0 Å². The van der Waals surface area contributed by atoms with Crippen LogP contribution in [0.15, 0.2) is 30.3 Å². The van der Waals surface area contributed by atoms with Crippen molar-refractivity contribution in [3.63, 3.8) is 0 Å². The summed E-state index contributed by atoms with van der Waals surface area (Å²) in [4.78, 5) is 4.57. The van der Waals surface area contributed by atoms with Crippen LogP contribution < -0.4 is 0 Å². The number of hydrogen-bond donors (Lipinski definition) is 1. The van der Waals surface area contributed by atoms with Crippen LogP contribution in [0.2, 0.25) is 0 Å². The highest BCUT2D eigenvalue weighted by molar-refractivity contribution is 5.82. The molecular weight excluding hydrogens is 222 g/mol. The first-order valence-electron chi connectivity index (χ1n) is 6.66. The molecule has 1 heterocycles. The van der Waals surface area contributed by atoms with Crippen LogP contribution >= 0.6 is 0 Å². The molecule has 0 radical (unpaired) electrons. The molecule has 2 rings (SSSR count). The van der Waals surface area contributed by atoms with E-state index >= 15 is 0 Å². The first kappa shape index (κ1) is 13.0. The Bertz CT molecular complexity index is 536. The molecule has 2 atom stereocenters. The van der Waals surface area contributed by atoms with Crippen molar-refractivity contribution >= 4 is 10.9 Å². The van der Waals surface area contributed by atoms with E-state index in [1.54, 1.807) is 0 Å². The Balaban J connectivity index is 2.34. The third-order valence-electron chi connectivity index (χ3n) is 3.61. The van der Waals surface area contributed by atoms with E-state index in [0.717, 1.165) is 29.4 Å². The second kappa shape index (κ2) is 5.49. The average Bonchev–Trinajstić information content (AvgIpc) is 2.38. The maximum atomic E-state index is 10.2. The second-order valence-corrected chi connectivity index (χ2v) is 5.15. The third kappa shape index (κ3) is 2.70. The minimum absolute atomic E-state index is 0.455. The van der Waals surface area contributed by atoms with Crippen LogP contribution in [0, 0.1) is 12.8 Å². The number of rotatable bonds is 4. The van der Waals surface area contributed by atoms with Gasteiger partial charge in [0.05, 0.1) is 17.3 Å². The predicted octanol–water partition coefficient (Wildman–Crippen LogP) is 4.01. The SMILES string of the molecule is CCC(C)CC(O)c1cc(C)c2ccccc2n1. The van der Waals surface area contributed by atoms with E-state index in [-0.39, 0.29) is 0 Å². The fraction of sp³-hybridized carbons (Fsp3) is 0.438. The van der Waals surface area contributed by atoms with Crippen molar-refractivity contribution in [2.75, 3.05) is 0 Å². The lowest BCUT2D eigenvalue weighted by atomic mass is 9.98. The molecule has 18 heavy (non-hydrogen) atoms. The normalized spacial score (nSPS) is 14.7. The van der Waals surface area contributed by atoms with Crippen molar-refractivity contribution < 1.29 is 5.11 Å². The van der Waals surface area contributed by atoms with Crippen molar-refractivity contribution in [3.8, 4) is 0 Å². The summed E-state index contributed by atoms with van der Waals surface area (Å²) in [5, 5.41) is 11.4. The van der Waals surface area contributed by atoms with E-state index in [1.807, 2.05) is 24.3 Å². The highest BCUT2D eigenvalue weighted by atomic mass is 16.3. The van der Waals surface area contributed by atoms with Crippen LogP contribution in [0.1, 0.15) is 44.1 Å². The Hall–Kier alpha value is -1.41. The maximum absolute atomic E-state index is 10.2. The summed E-state index contributed by atoms with van der Waals surface area (Å²) >= 11 is 0. The molecular formula is C16H21NO. The van der Waals surface area contributed by atoms with Gasteiger partial charge in [-0.3, -0.25) is 4.98 Å². The van der Waals surface area contributed by atoms with Gasteiger partial charge in [-0.25, -0.2) is 0 Å². The number of aryl methyl sites for hydroxylation is 1. The highest BCUT2D eigenvalue weighted by Gasteiger charge is 2.14. The Labute approximate surface area is 109 Å². The van der Waals surface area contributed by atoms with Gasteiger partial charge in [-0.05, 0) is 37.0 Å². The molecule has 1 aromatic heterocycles. The van der Waals surface area contributed by atoms with Crippen LogP contribution in [0.5, 0.6) is 0 Å². The number of aromatic nitrogens is 1. The van der Waals surface area contributed by atoms with Crippen molar-refractivity contribution in [2.45, 2.75) is 39.7 Å². The second-order valence-electron chi connectivity index (χ2n) is 5.15. The molecule has 0 aliphatic carbocycles. The molecule has 2 nitrogen and oxygen atoms in total. The Kier molecular flexibility index (Phi) is 3.97. The lowest BCUT2D eigenvalue weighted by molar-refractivity contribution is 0.142. The third-order valence-corrected chi connectivity index (χ3v) is 3.61. The van der Waals surface area contributed by atoms with Crippen LogP contribution in [-0.2, 0) is 0 Å². The first-order chi connectivity index (χ1) is 8.61. The van der Waals surface area contributed by atoms with Crippen LogP contribution in [0.3, 0.4) is 0 Å². The van der Waals surface area contributed by atoms with E-state index < -0.39 is 6.10 Å². The van der Waals surface area contributed by atoms with Crippen molar-refractivity contribution in [3.05, 3.63) is 41.6 Å². The van der Waals surface area contributed by atoms with E-state index in [9.17, 15) is 5.11 Å². The predicted molar refractivity (Wildman–Crippen MR) is 75.5 cm³/mol. The van der Waals surface area contributed by atoms with Gasteiger partial charge in [-0.1, -0.05) is 38.5 Å². The van der Waals surface area contributed by atoms with Gasteiger partial charge in [0.2, 0.25) is 0 Å². The lowest BCUT2D eigenvalue weighted by Gasteiger charge is -2.16. The standard InChI is InChI=1S/C16H21NO/c1-4-11(2)9-16(18)15-10-12(3)13-7-5-6-8-14(13)17-15/h5-8,10-11,16,18H,4,9H2,1-3H3. The van der Waals surface area contributed by atoms with E-state index in [2.05, 4.69) is 31.8 Å². The zero-order valence-electron chi connectivity index (χ0n) is 11.4. The Morgan fingerprint density at radius 3 is 2.72 bits per heavy atom. The number of benzene rings is 1. The topological polar surface area (TPSA) is 33.1 Å². The van der Waals surface area contributed by atoms with Crippen molar-refractivity contribution in [1.82, 2.24) is 4.98 Å². The van der Waals surface area contributed by atoms with E-state index in [1.165, 1.54) is 5.56 Å². The molecule has 2 unspecified atom stereocenters. The zero-order valence-corrected chi connectivity index (χ0v) is 11.4. The molecule has 0 amide bonds. The number of pyridine rings is 1. The molecule has 0 saturated carbocycles. The smallest absolute Gasteiger partial charge is 0.0962 e. The van der Waals surface area contributed by atoms with Gasteiger partial charge in [0.15, 0.2) is 0 Å². The van der Waals surface area contributed by atoms with Gasteiger partial charge in [-0.2, -0.15) is 0 Å². The zero-order chi connectivity index (χ0) is 13.1. The van der Waals surface area contributed by atoms with Gasteiger partial charge in [0.1, 0.15) is 0 Å². The summed E-state index contributed by atoms with van der Waals surface area (Å²) in [6.07, 6.45) is 1.41. The molecule has 0 aliphatic rings. The van der Waals surface area contributed by atoms with Gasteiger partial charge < -0.3 is 5.11 Å². The minimum Gasteiger partial charge on any atom is -0.387 e. The highest BCUT2D eigenvalue weighted by Crippen LogP contribution is 2.25. The number of fused-ring (bicyclic) bond motifs is 1. The fourth-order valence-corrected chi connectivity index (χ4v) is 2.21. The Morgan fingerprint density at radius 1 is 1.28 bits per heavy atom. The van der Waals surface area contributed by atoms with Gasteiger partial charge in [0, 0.05) is 5.39 Å². The quantitative estimate of drug-likeness (QED) is 0.880. The van der Waals surface area contributed by atoms with E-state index in [0.29, 0.717) is 5.92 Å². The number of hydrogen-bond acceptors (Lipinski definition) is 2. The lowest BCUT2D eigenvalue weighted by Crippen LogP contribution is -2.06. The van der Waals surface area contributed by atoms with Crippen LogP contribution in [0.25, 0.3) is 10.9 Å². The summed E-state index contributed by atoms with van der Waals surface area (Å²) in [5.74, 6) is 0.522.